The number of anilines is 1. The molecular weight excluding hydrogens is 514 g/mol. The van der Waals surface area contributed by atoms with Crippen LogP contribution in [0.2, 0.25) is 0 Å². The van der Waals surface area contributed by atoms with E-state index in [2.05, 4.69) is 25.2 Å². The first-order valence-electron chi connectivity index (χ1n) is 11.3. The third-order valence-corrected chi connectivity index (χ3v) is 8.89. The number of hydrogen-bond donors (Lipinski definition) is 2. The molecule has 2 fully saturated rings. The molecule has 194 valence electrons. The zero-order valence-corrected chi connectivity index (χ0v) is 21.5. The van der Waals surface area contributed by atoms with Crippen LogP contribution in [0.3, 0.4) is 0 Å². The first-order chi connectivity index (χ1) is 17.0. The highest BCUT2D eigenvalue weighted by Gasteiger charge is 2.41. The Morgan fingerprint density at radius 3 is 2.72 bits per heavy atom. The van der Waals surface area contributed by atoms with E-state index >= 15 is 0 Å². The van der Waals surface area contributed by atoms with Crippen molar-refractivity contribution in [3.05, 3.63) is 23.5 Å². The number of imidazole rings is 1. The van der Waals surface area contributed by atoms with Gasteiger partial charge in [0.25, 0.3) is 6.43 Å². The summed E-state index contributed by atoms with van der Waals surface area (Å²) in [4.78, 5) is 20.4. The molecule has 2 aliphatic rings. The molecule has 1 saturated heterocycles. The highest BCUT2D eigenvalue weighted by atomic mass is 32.2. The number of amides is 1. The van der Waals surface area contributed by atoms with Crippen molar-refractivity contribution in [1.29, 1.82) is 0 Å². The lowest BCUT2D eigenvalue weighted by Crippen LogP contribution is -2.57. The molecule has 3 aromatic rings. The van der Waals surface area contributed by atoms with Crippen molar-refractivity contribution in [3.63, 3.8) is 0 Å². The summed E-state index contributed by atoms with van der Waals surface area (Å²) in [7, 11) is -0.549. The molecule has 1 saturated carbocycles. The number of hydrogen-bond acceptors (Lipinski definition) is 9. The summed E-state index contributed by atoms with van der Waals surface area (Å²) in [5.74, 6) is 0.117. The third kappa shape index (κ3) is 4.67. The van der Waals surface area contributed by atoms with Crippen LogP contribution in [0.5, 0.6) is 0 Å². The minimum atomic E-state index is -3.91. The van der Waals surface area contributed by atoms with Crippen molar-refractivity contribution in [3.8, 4) is 10.8 Å². The van der Waals surface area contributed by atoms with E-state index in [1.807, 2.05) is 11.8 Å². The number of sulfonamides is 1. The van der Waals surface area contributed by atoms with Crippen LogP contribution in [0, 0.1) is 0 Å². The van der Waals surface area contributed by atoms with Gasteiger partial charge in [-0.15, -0.1) is 10.2 Å². The zero-order valence-electron chi connectivity index (χ0n) is 19.9. The van der Waals surface area contributed by atoms with E-state index in [9.17, 15) is 22.0 Å². The summed E-state index contributed by atoms with van der Waals surface area (Å²) in [6, 6.07) is 1.10. The van der Waals surface area contributed by atoms with Crippen LogP contribution >= 0.6 is 11.3 Å². The van der Waals surface area contributed by atoms with Gasteiger partial charge in [-0.05, 0) is 25.8 Å². The first kappa shape index (κ1) is 24.9. The van der Waals surface area contributed by atoms with Gasteiger partial charge < -0.3 is 15.1 Å². The Morgan fingerprint density at radius 2 is 2.08 bits per heavy atom. The van der Waals surface area contributed by atoms with Gasteiger partial charge in [-0.2, -0.15) is 0 Å². The van der Waals surface area contributed by atoms with Gasteiger partial charge in [0.2, 0.25) is 15.9 Å². The van der Waals surface area contributed by atoms with Crippen LogP contribution in [0.15, 0.2) is 23.4 Å². The Labute approximate surface area is 210 Å². The number of carbonyl (C=O) groups is 1. The molecule has 0 spiro atoms. The predicted octanol–water partition coefficient (Wildman–Crippen LogP) is 1.49. The smallest absolute Gasteiger partial charge is 0.291 e. The maximum absolute atomic E-state index is 13.3. The summed E-state index contributed by atoms with van der Waals surface area (Å²) in [5.41, 5.74) is 0.637. The first-order valence-corrected chi connectivity index (χ1v) is 13.6. The Kier molecular flexibility index (Phi) is 6.21. The number of alkyl halides is 2. The van der Waals surface area contributed by atoms with Crippen molar-refractivity contribution < 1.29 is 22.0 Å². The van der Waals surface area contributed by atoms with Gasteiger partial charge in [-0.25, -0.2) is 26.9 Å². The summed E-state index contributed by atoms with van der Waals surface area (Å²) in [6.07, 6.45) is 1.68. The molecule has 15 heteroatoms. The SMILES string of the molecule is CN(C)C(=O)[C@@H]1CN(c2cc(S(=O)(=O)NC3(C)CC3)cn3c(-c4nnc(C(F)F)s4)ncc23)CCN1. The molecule has 0 bridgehead atoms. The number of likely N-dealkylation sites (N-methyl/N-ethyl adjacent to an activating group) is 1. The summed E-state index contributed by atoms with van der Waals surface area (Å²) < 4.78 is 57.2. The van der Waals surface area contributed by atoms with Crippen molar-refractivity contribution in [2.24, 2.45) is 0 Å². The van der Waals surface area contributed by atoms with Crippen LogP contribution in [0.1, 0.15) is 31.2 Å². The maximum Gasteiger partial charge on any atom is 0.291 e. The van der Waals surface area contributed by atoms with E-state index in [4.69, 9.17) is 0 Å². The summed E-state index contributed by atoms with van der Waals surface area (Å²) in [6.45, 7) is 3.19. The Bertz CT molecular complexity index is 1420. The molecule has 36 heavy (non-hydrogen) atoms. The number of nitrogens with one attached hydrogen (secondary N) is 2. The summed E-state index contributed by atoms with van der Waals surface area (Å²) in [5, 5.41) is 10.3. The monoisotopic (exact) mass is 540 g/mol. The van der Waals surface area contributed by atoms with Gasteiger partial charge in [0.1, 0.15) is 10.9 Å². The Balaban J connectivity index is 1.62. The highest BCUT2D eigenvalue weighted by molar-refractivity contribution is 7.89. The maximum atomic E-state index is 13.3. The third-order valence-electron chi connectivity index (χ3n) is 6.36. The van der Waals surface area contributed by atoms with Crippen LogP contribution in [-0.4, -0.2) is 84.1 Å². The van der Waals surface area contributed by atoms with Crippen molar-refractivity contribution >= 4 is 38.5 Å². The highest BCUT2D eigenvalue weighted by Crippen LogP contribution is 2.37. The fourth-order valence-electron chi connectivity index (χ4n) is 4.14. The molecule has 1 aliphatic carbocycles. The second-order valence-electron chi connectivity index (χ2n) is 9.50. The summed E-state index contributed by atoms with van der Waals surface area (Å²) >= 11 is 0.701. The van der Waals surface area contributed by atoms with Crippen molar-refractivity contribution in [2.75, 3.05) is 38.6 Å². The molecule has 11 nitrogen and oxygen atoms in total. The van der Waals surface area contributed by atoms with E-state index in [1.54, 1.807) is 30.8 Å². The predicted molar refractivity (Wildman–Crippen MR) is 130 cm³/mol. The lowest BCUT2D eigenvalue weighted by Gasteiger charge is -2.36. The number of rotatable bonds is 7. The van der Waals surface area contributed by atoms with Crippen LogP contribution in [-0.2, 0) is 14.8 Å². The van der Waals surface area contributed by atoms with E-state index in [-0.39, 0.29) is 21.6 Å². The number of piperazine rings is 1. The van der Waals surface area contributed by atoms with Gasteiger partial charge in [0.05, 0.1) is 17.4 Å². The molecule has 1 aliphatic heterocycles. The number of halogens is 2. The van der Waals surface area contributed by atoms with Gasteiger partial charge in [0.15, 0.2) is 15.8 Å². The molecule has 3 aromatic heterocycles. The minimum absolute atomic E-state index is 0.00462. The van der Waals surface area contributed by atoms with Gasteiger partial charge >= 0.3 is 0 Å². The van der Waals surface area contributed by atoms with Gasteiger partial charge in [0, 0.05) is 45.5 Å². The average Bonchev–Trinajstić information content (AvgIpc) is 3.22. The molecule has 2 N–H and O–H groups in total. The van der Waals surface area contributed by atoms with Gasteiger partial charge in [-0.1, -0.05) is 11.3 Å². The van der Waals surface area contributed by atoms with Crippen LogP contribution in [0.4, 0.5) is 14.5 Å². The van der Waals surface area contributed by atoms with Crippen LogP contribution in [0.25, 0.3) is 16.3 Å². The average molecular weight is 541 g/mol. The van der Waals surface area contributed by atoms with E-state index in [0.29, 0.717) is 42.2 Å². The Hall–Kier alpha value is -2.75. The fraction of sp³-hybridized carbons (Fsp3) is 0.524. The molecule has 0 aromatic carbocycles. The Morgan fingerprint density at radius 1 is 1.33 bits per heavy atom. The van der Waals surface area contributed by atoms with Crippen molar-refractivity contribution in [1.82, 2.24) is 34.5 Å². The van der Waals surface area contributed by atoms with Crippen LogP contribution < -0.4 is 14.9 Å². The standard InChI is InChI=1S/C21H26F2N8O3S2/c1-21(4-5-21)28-36(33,34)12-8-14(30-7-6-24-13(11-30)20(32)29(2)3)15-9-25-17(31(15)10-12)19-27-26-18(35-19)16(22)23/h8-10,13,16,24,28H,4-7,11H2,1-3H3/t13-/m0/s1. The molecule has 4 heterocycles. The molecular formula is C21H26F2N8O3S2. The molecule has 5 rings (SSSR count). The topological polar surface area (TPSA) is 125 Å². The van der Waals surface area contributed by atoms with E-state index in [0.717, 1.165) is 12.8 Å². The number of nitrogens with zero attached hydrogens (tertiary/aromatic N) is 6. The number of fused-ring (bicyclic) bond motifs is 1. The van der Waals surface area contributed by atoms with E-state index in [1.165, 1.54) is 11.1 Å². The molecule has 0 radical (unpaired) electrons. The second kappa shape index (κ2) is 8.97. The minimum Gasteiger partial charge on any atom is -0.366 e. The number of pyridine rings is 1. The molecule has 0 unspecified atom stereocenters. The second-order valence-corrected chi connectivity index (χ2v) is 12.2. The largest absolute Gasteiger partial charge is 0.366 e. The zero-order chi connectivity index (χ0) is 25.8. The number of aromatic nitrogens is 4. The quantitative estimate of drug-likeness (QED) is 0.462. The van der Waals surface area contributed by atoms with Gasteiger partial charge in [-0.3, -0.25) is 9.20 Å². The number of carbonyl (C=O) groups excluding carboxylic acids is 1. The fourth-order valence-corrected chi connectivity index (χ4v) is 6.32. The lowest BCUT2D eigenvalue weighted by atomic mass is 10.1. The molecule has 1 atom stereocenters. The normalized spacial score (nSPS) is 19.7. The lowest BCUT2D eigenvalue weighted by molar-refractivity contribution is -0.130. The van der Waals surface area contributed by atoms with Crippen molar-refractivity contribution in [2.45, 2.75) is 42.7 Å². The van der Waals surface area contributed by atoms with E-state index < -0.39 is 33.0 Å². The molecule has 1 amide bonds.